The maximum absolute atomic E-state index is 15.4. The second-order valence-corrected chi connectivity index (χ2v) is 28.4. The smallest absolute Gasteiger partial charge is 0.314 e. The van der Waals surface area contributed by atoms with Crippen molar-refractivity contribution in [3.05, 3.63) is 12.2 Å². The van der Waals surface area contributed by atoms with Gasteiger partial charge in [0.05, 0.1) is 95.9 Å². The predicted octanol–water partition coefficient (Wildman–Crippen LogP) is -7.82. The number of aliphatic hydroxyl groups excluding tert-OH is 20. The molecule has 12 unspecified atom stereocenters. The van der Waals surface area contributed by atoms with Gasteiger partial charge in [0.2, 0.25) is 6.29 Å². The number of carbonyl (C=O) groups excluding carboxylic acids is 1. The van der Waals surface area contributed by atoms with E-state index >= 15 is 4.79 Å². The van der Waals surface area contributed by atoms with Crippen molar-refractivity contribution < 1.29 is 164 Å². The van der Waals surface area contributed by atoms with E-state index in [1.807, 2.05) is 6.92 Å². The fourth-order valence-electron chi connectivity index (χ4n) is 16.0. The number of ether oxygens (including phenoxy) is 12. The summed E-state index contributed by atoms with van der Waals surface area (Å²) in [5.41, 5.74) is -2.80. The summed E-state index contributed by atoms with van der Waals surface area (Å²) in [5.74, 6) is -2.46. The van der Waals surface area contributed by atoms with Gasteiger partial charge in [-0.1, -0.05) is 26.8 Å². The topological polar surface area (TPSA) is 532 Å². The third-order valence-corrected chi connectivity index (χ3v) is 22.0. The summed E-state index contributed by atoms with van der Waals surface area (Å²) in [4.78, 5) is 15.4. The molecule has 0 spiro atoms. The number of aliphatic hydroxyl groups is 20. The molecule has 552 valence electrons. The molecule has 8 rings (SSSR count). The lowest BCUT2D eigenvalue weighted by molar-refractivity contribution is -0.364. The Balaban J connectivity index is 1.02. The number of hydrogen-bond acceptors (Lipinski definition) is 33. The highest BCUT2D eigenvalue weighted by Gasteiger charge is 2.64. The second-order valence-electron chi connectivity index (χ2n) is 28.4. The van der Waals surface area contributed by atoms with Gasteiger partial charge in [0.1, 0.15) is 134 Å². The molecular weight excluding hydrogens is 1270 g/mol. The molecule has 3 saturated carbocycles. The molecule has 33 heteroatoms. The van der Waals surface area contributed by atoms with Crippen LogP contribution in [-0.4, -0.2) is 358 Å². The zero-order valence-corrected chi connectivity index (χ0v) is 54.3. The fourth-order valence-corrected chi connectivity index (χ4v) is 16.0. The van der Waals surface area contributed by atoms with Crippen LogP contribution in [0.5, 0.6) is 0 Å². The van der Waals surface area contributed by atoms with Crippen LogP contribution in [0.4, 0.5) is 0 Å². The monoisotopic (exact) mass is 1380 g/mol. The van der Waals surface area contributed by atoms with Crippen LogP contribution in [0.1, 0.15) is 86.0 Å². The number of hydrogen-bond donors (Lipinski definition) is 20. The van der Waals surface area contributed by atoms with E-state index in [0.717, 1.165) is 0 Å². The normalized spacial score (nSPS) is 48.0. The second kappa shape index (κ2) is 33.0. The Morgan fingerprint density at radius 3 is 1.52 bits per heavy atom. The Bertz CT molecular complexity index is 2420. The van der Waals surface area contributed by atoms with Crippen molar-refractivity contribution in [3.63, 3.8) is 0 Å². The van der Waals surface area contributed by atoms with Crippen molar-refractivity contribution >= 4 is 5.97 Å². The molecule has 35 atom stereocenters. The molecule has 0 aromatic heterocycles. The van der Waals surface area contributed by atoms with Crippen LogP contribution in [0.2, 0.25) is 0 Å². The largest absolute Gasteiger partial charge is 0.432 e. The van der Waals surface area contributed by atoms with E-state index in [-0.39, 0.29) is 18.4 Å². The fraction of sp³-hybridized carbons (Fsp3) is 0.952. The highest BCUT2D eigenvalue weighted by atomic mass is 16.8. The molecule has 0 aromatic rings. The number of esters is 1. The molecular formula is C62H106O33. The van der Waals surface area contributed by atoms with Gasteiger partial charge in [0, 0.05) is 5.92 Å². The highest BCUT2D eigenvalue weighted by molar-refractivity contribution is 5.77. The maximum atomic E-state index is 15.4. The molecule has 0 bridgehead atoms. The number of carbonyl (C=O) groups is 1. The van der Waals surface area contributed by atoms with Gasteiger partial charge < -0.3 is 159 Å². The lowest BCUT2D eigenvalue weighted by Gasteiger charge is -2.62. The summed E-state index contributed by atoms with van der Waals surface area (Å²) in [7, 11) is 0. The van der Waals surface area contributed by atoms with E-state index in [1.54, 1.807) is 13.8 Å². The Morgan fingerprint density at radius 1 is 0.516 bits per heavy atom. The van der Waals surface area contributed by atoms with Crippen LogP contribution in [0.3, 0.4) is 0 Å². The Kier molecular flexibility index (Phi) is 27.3. The Morgan fingerprint density at radius 2 is 0.979 bits per heavy atom. The first-order valence-corrected chi connectivity index (χ1v) is 32.9. The SMILES string of the molecule is C=C1C[C@@]2(C)CC[C@H]3[C@@](C)(CCC[C@@]3(C)C(=O)O[C@@H]3OC(COC[C@@H]4OC(CO)[C@@H](O)C(O)[C@@H]4O)[C@@H](O)C(O)[C@@H]3OC3OC(CO)[C@@H](O)[C@@H](O)[C@@H]3O)[C@@H]2CC[C@@]1(C)OCC(OC(C)CO)[C@@H](OC1OC(CO)[C@@H](O)[C@@H](O)[C@@H]1O)[C@@H](CO)COC[C@@H]1OC(CO)[C@@H](O)C(O)[C@@H]1O. The lowest BCUT2D eigenvalue weighted by Crippen LogP contribution is -2.65. The number of rotatable bonds is 27. The van der Waals surface area contributed by atoms with E-state index in [9.17, 15) is 102 Å². The molecule has 8 aliphatic rings. The van der Waals surface area contributed by atoms with Gasteiger partial charge in [-0.3, -0.25) is 4.79 Å². The first-order chi connectivity index (χ1) is 44.8. The molecule has 5 heterocycles. The van der Waals surface area contributed by atoms with Crippen LogP contribution in [0, 0.1) is 34.0 Å². The molecule has 20 N–H and O–H groups in total. The van der Waals surface area contributed by atoms with Crippen molar-refractivity contribution in [1.82, 2.24) is 0 Å². The molecule has 3 aliphatic carbocycles. The average Bonchev–Trinajstić information content (AvgIpc) is 1.68. The highest BCUT2D eigenvalue weighted by Crippen LogP contribution is 2.68. The molecule has 0 amide bonds. The van der Waals surface area contributed by atoms with Gasteiger partial charge in [-0.15, -0.1) is 0 Å². The summed E-state index contributed by atoms with van der Waals surface area (Å²) in [5, 5.41) is 212. The molecule has 5 aliphatic heterocycles. The van der Waals surface area contributed by atoms with Crippen LogP contribution >= 0.6 is 0 Å². The van der Waals surface area contributed by atoms with Gasteiger partial charge in [-0.25, -0.2) is 0 Å². The van der Waals surface area contributed by atoms with Crippen molar-refractivity contribution in [2.24, 2.45) is 34.0 Å². The van der Waals surface area contributed by atoms with E-state index in [2.05, 4.69) is 20.4 Å². The summed E-state index contributed by atoms with van der Waals surface area (Å²) in [6, 6.07) is 0. The summed E-state index contributed by atoms with van der Waals surface area (Å²) < 4.78 is 72.5. The molecule has 5 saturated heterocycles. The molecule has 95 heavy (non-hydrogen) atoms. The van der Waals surface area contributed by atoms with Crippen molar-refractivity contribution in [2.75, 3.05) is 72.7 Å². The van der Waals surface area contributed by atoms with Crippen molar-refractivity contribution in [1.29, 1.82) is 0 Å². The van der Waals surface area contributed by atoms with Gasteiger partial charge >= 0.3 is 5.97 Å². The summed E-state index contributed by atoms with van der Waals surface area (Å²) in [6.45, 7) is 7.41. The molecule has 0 radical (unpaired) electrons. The van der Waals surface area contributed by atoms with Crippen LogP contribution in [0.25, 0.3) is 0 Å². The van der Waals surface area contributed by atoms with Crippen LogP contribution in [-0.2, 0) is 61.6 Å². The maximum Gasteiger partial charge on any atom is 0.314 e. The first-order valence-electron chi connectivity index (χ1n) is 32.9. The van der Waals surface area contributed by atoms with E-state index in [4.69, 9.17) is 56.8 Å². The van der Waals surface area contributed by atoms with Gasteiger partial charge in [0.15, 0.2) is 18.7 Å². The minimum absolute atomic E-state index is 0.123. The van der Waals surface area contributed by atoms with Crippen molar-refractivity contribution in [3.8, 4) is 0 Å². The summed E-state index contributed by atoms with van der Waals surface area (Å²) in [6.07, 6.45) is -42.2. The molecule has 33 nitrogen and oxygen atoms in total. The molecule has 0 aromatic carbocycles. The van der Waals surface area contributed by atoms with E-state index < -0.39 is 271 Å². The van der Waals surface area contributed by atoms with E-state index in [0.29, 0.717) is 56.9 Å². The zero-order valence-electron chi connectivity index (χ0n) is 54.3. The lowest BCUT2D eigenvalue weighted by atomic mass is 9.42. The number of fused-ring (bicyclic) bond motifs is 3. The van der Waals surface area contributed by atoms with Gasteiger partial charge in [0.25, 0.3) is 0 Å². The average molecular weight is 1380 g/mol. The first kappa shape index (κ1) is 78.7. The molecule has 8 fully saturated rings. The van der Waals surface area contributed by atoms with Gasteiger partial charge in [-0.2, -0.15) is 0 Å². The standard InChI is InChI=1S/C62H106O33/c1-26-14-59(3)12-8-38-60(4,10-7-11-61(38,5)58(83)95-57-54(94-56-52(82)49(79)42(72)32(20-68)91-56)50(80)45(75)35(92-57)24-85-23-34-44(74)47(77)40(70)30(18-66)89-34)37(59)9-13-62(26,6)86-25-36(87-27(2)15-63)53(93-55-51(81)48(78)41(71)31(19-67)90-55)28(16-64)21-84-22-33-43(73)46(76)39(69)29(17-65)88-33/h27-57,63-82H,1,7-25H2,2-6H3/t27?,28-,29?,30?,31?,32?,33-,34-,35?,36?,37+,38-,39+,40+,41+,42+,43+,44+,45+,46?,47?,48+,49+,50?,51-,52-,53-,54-,55?,56?,57-,59+,60-,61+,62+/m0/s1. The Labute approximate surface area is 550 Å². The zero-order chi connectivity index (χ0) is 70.0. The van der Waals surface area contributed by atoms with Crippen LogP contribution in [0.15, 0.2) is 12.2 Å². The van der Waals surface area contributed by atoms with Crippen molar-refractivity contribution in [2.45, 2.75) is 263 Å². The Hall–Kier alpha value is -2.03. The third kappa shape index (κ3) is 16.4. The minimum Gasteiger partial charge on any atom is -0.432 e. The predicted molar refractivity (Wildman–Crippen MR) is 317 cm³/mol. The van der Waals surface area contributed by atoms with Gasteiger partial charge in [-0.05, 0) is 94.0 Å². The van der Waals surface area contributed by atoms with Crippen LogP contribution < -0.4 is 0 Å². The summed E-state index contributed by atoms with van der Waals surface area (Å²) >= 11 is 0. The quantitative estimate of drug-likeness (QED) is 0.0268. The minimum atomic E-state index is -2.02. The van der Waals surface area contributed by atoms with E-state index in [1.165, 1.54) is 0 Å². The third-order valence-electron chi connectivity index (χ3n) is 22.0.